The van der Waals surface area contributed by atoms with Gasteiger partial charge in [0.15, 0.2) is 0 Å². The molecule has 0 aliphatic carbocycles. The quantitative estimate of drug-likeness (QED) is 0.572. The number of benzene rings is 1. The minimum Gasteiger partial charge on any atom is -0.491 e. The molecule has 158 valence electrons. The van der Waals surface area contributed by atoms with Crippen LogP contribution in [-0.4, -0.2) is 39.2 Å². The molecule has 3 rings (SSSR count). The summed E-state index contributed by atoms with van der Waals surface area (Å²) in [5, 5.41) is 10.4. The maximum atomic E-state index is 12.6. The molecule has 30 heavy (non-hydrogen) atoms. The van der Waals surface area contributed by atoms with E-state index in [0.717, 1.165) is 23.3 Å². The summed E-state index contributed by atoms with van der Waals surface area (Å²) in [6.45, 7) is 1.49. The highest BCUT2D eigenvalue weighted by Gasteiger charge is 2.30. The monoisotopic (exact) mass is 417 g/mol. The molecule has 0 radical (unpaired) electrons. The van der Waals surface area contributed by atoms with E-state index < -0.39 is 17.8 Å². The molecule has 0 spiro atoms. The largest absolute Gasteiger partial charge is 0.491 e. The van der Waals surface area contributed by atoms with E-state index in [1.165, 1.54) is 12.1 Å². The van der Waals surface area contributed by atoms with Gasteiger partial charge in [-0.2, -0.15) is 13.2 Å². The van der Waals surface area contributed by atoms with Crippen molar-refractivity contribution in [1.82, 2.24) is 14.9 Å². The number of rotatable bonds is 9. The lowest BCUT2D eigenvalue weighted by Gasteiger charge is -2.25. The minimum absolute atomic E-state index is 0.0332. The van der Waals surface area contributed by atoms with Crippen molar-refractivity contribution >= 4 is 0 Å². The van der Waals surface area contributed by atoms with Crippen molar-refractivity contribution < 1.29 is 23.0 Å². The molecule has 2 aromatic heterocycles. The summed E-state index contributed by atoms with van der Waals surface area (Å²) < 4.78 is 43.4. The van der Waals surface area contributed by atoms with Gasteiger partial charge in [-0.3, -0.25) is 14.9 Å². The number of aliphatic hydroxyl groups excluding tert-OH is 1. The van der Waals surface area contributed by atoms with Gasteiger partial charge in [0, 0.05) is 44.4 Å². The van der Waals surface area contributed by atoms with Gasteiger partial charge in [0.25, 0.3) is 0 Å². The van der Waals surface area contributed by atoms with Gasteiger partial charge in [-0.05, 0) is 59.7 Å². The highest BCUT2D eigenvalue weighted by Crippen LogP contribution is 2.30. The van der Waals surface area contributed by atoms with E-state index >= 15 is 0 Å². The van der Waals surface area contributed by atoms with Crippen LogP contribution in [-0.2, 0) is 19.3 Å². The summed E-state index contributed by atoms with van der Waals surface area (Å²) in [5.41, 5.74) is 1.36. The summed E-state index contributed by atoms with van der Waals surface area (Å²) in [4.78, 5) is 10.1. The van der Waals surface area contributed by atoms with Crippen LogP contribution in [0.2, 0.25) is 0 Å². The van der Waals surface area contributed by atoms with Crippen LogP contribution in [0.15, 0.2) is 73.3 Å². The molecule has 0 aliphatic rings. The number of aromatic nitrogens is 2. The Morgan fingerprint density at radius 3 is 1.80 bits per heavy atom. The van der Waals surface area contributed by atoms with Crippen molar-refractivity contribution in [3.05, 3.63) is 90.0 Å². The van der Waals surface area contributed by atoms with E-state index in [2.05, 4.69) is 14.9 Å². The van der Waals surface area contributed by atoms with E-state index in [9.17, 15) is 18.3 Å². The van der Waals surface area contributed by atoms with Crippen LogP contribution < -0.4 is 4.74 Å². The molecule has 0 saturated heterocycles. The molecular weight excluding hydrogens is 395 g/mol. The van der Waals surface area contributed by atoms with E-state index in [-0.39, 0.29) is 12.4 Å². The molecule has 1 unspecified atom stereocenters. The SMILES string of the molecule is OC(COc1ccc(C(F)(F)F)cc1)CN(Cc1ccncc1)Cc1ccncc1. The number of alkyl halides is 3. The zero-order valence-corrected chi connectivity index (χ0v) is 16.2. The smallest absolute Gasteiger partial charge is 0.416 e. The fourth-order valence-electron chi connectivity index (χ4n) is 2.96. The first-order chi connectivity index (χ1) is 14.4. The standard InChI is InChI=1S/C22H22F3N3O2/c23-22(24,25)19-1-3-21(4-2-19)30-16-20(29)15-28(13-17-5-9-26-10-6-17)14-18-7-11-27-12-8-18/h1-12,20,29H,13-16H2. The lowest BCUT2D eigenvalue weighted by molar-refractivity contribution is -0.137. The zero-order valence-electron chi connectivity index (χ0n) is 16.2. The van der Waals surface area contributed by atoms with Crippen molar-refractivity contribution in [2.45, 2.75) is 25.4 Å². The minimum atomic E-state index is -4.39. The van der Waals surface area contributed by atoms with Crippen LogP contribution in [0.4, 0.5) is 13.2 Å². The van der Waals surface area contributed by atoms with Crippen LogP contribution in [0.1, 0.15) is 16.7 Å². The second-order valence-electron chi connectivity index (χ2n) is 6.87. The van der Waals surface area contributed by atoms with Gasteiger partial charge in [0.05, 0.1) is 5.56 Å². The Hall–Kier alpha value is -2.97. The molecule has 8 heteroatoms. The zero-order chi connectivity index (χ0) is 21.4. The molecular formula is C22H22F3N3O2. The predicted octanol–water partition coefficient (Wildman–Crippen LogP) is 3.94. The molecule has 0 fully saturated rings. The third-order valence-electron chi connectivity index (χ3n) is 4.40. The first-order valence-electron chi connectivity index (χ1n) is 9.38. The van der Waals surface area contributed by atoms with Crippen LogP contribution in [0.25, 0.3) is 0 Å². The van der Waals surface area contributed by atoms with Crippen molar-refractivity contribution in [2.24, 2.45) is 0 Å². The summed E-state index contributed by atoms with van der Waals surface area (Å²) in [6, 6.07) is 12.1. The first kappa shape index (κ1) is 21.7. The molecule has 1 aromatic carbocycles. The van der Waals surface area contributed by atoms with Crippen molar-refractivity contribution in [3.63, 3.8) is 0 Å². The van der Waals surface area contributed by atoms with Crippen LogP contribution in [0.3, 0.4) is 0 Å². The number of pyridine rings is 2. The average Bonchev–Trinajstić information content (AvgIpc) is 2.73. The molecule has 3 aromatic rings. The summed E-state index contributed by atoms with van der Waals surface area (Å²) in [5.74, 6) is 0.275. The summed E-state index contributed by atoms with van der Waals surface area (Å²) in [6.07, 6.45) is 1.64. The number of halogens is 3. The highest BCUT2D eigenvalue weighted by atomic mass is 19.4. The number of hydrogen-bond acceptors (Lipinski definition) is 5. The van der Waals surface area contributed by atoms with E-state index in [1.54, 1.807) is 24.8 Å². The number of hydrogen-bond donors (Lipinski definition) is 1. The number of aliphatic hydroxyl groups is 1. The van der Waals surface area contributed by atoms with Gasteiger partial charge >= 0.3 is 6.18 Å². The Morgan fingerprint density at radius 1 is 0.833 bits per heavy atom. The number of nitrogens with zero attached hydrogens (tertiary/aromatic N) is 3. The maximum Gasteiger partial charge on any atom is 0.416 e. The van der Waals surface area contributed by atoms with Gasteiger partial charge in [0.2, 0.25) is 0 Å². The molecule has 0 amide bonds. The lowest BCUT2D eigenvalue weighted by Crippen LogP contribution is -2.35. The van der Waals surface area contributed by atoms with Crippen molar-refractivity contribution in [3.8, 4) is 5.75 Å². The van der Waals surface area contributed by atoms with E-state index in [4.69, 9.17) is 4.74 Å². The van der Waals surface area contributed by atoms with Gasteiger partial charge in [0.1, 0.15) is 18.5 Å². The molecule has 0 aliphatic heterocycles. The van der Waals surface area contributed by atoms with E-state index in [1.807, 2.05) is 24.3 Å². The molecule has 1 N–H and O–H groups in total. The van der Waals surface area contributed by atoms with Gasteiger partial charge in [-0.25, -0.2) is 0 Å². The third-order valence-corrected chi connectivity index (χ3v) is 4.40. The Bertz CT molecular complexity index is 850. The Labute approximate surface area is 172 Å². The second kappa shape index (κ2) is 10.2. The Balaban J connectivity index is 1.58. The first-order valence-corrected chi connectivity index (χ1v) is 9.38. The topological polar surface area (TPSA) is 58.5 Å². The predicted molar refractivity (Wildman–Crippen MR) is 106 cm³/mol. The van der Waals surface area contributed by atoms with E-state index in [0.29, 0.717) is 19.6 Å². The molecule has 0 saturated carbocycles. The Morgan fingerprint density at radius 2 is 1.33 bits per heavy atom. The fraction of sp³-hybridized carbons (Fsp3) is 0.273. The fourth-order valence-corrected chi connectivity index (χ4v) is 2.96. The molecule has 5 nitrogen and oxygen atoms in total. The van der Waals surface area contributed by atoms with Crippen LogP contribution in [0.5, 0.6) is 5.75 Å². The molecule has 0 bridgehead atoms. The highest BCUT2D eigenvalue weighted by molar-refractivity contribution is 5.28. The third kappa shape index (κ3) is 6.82. The maximum absolute atomic E-state index is 12.6. The second-order valence-corrected chi connectivity index (χ2v) is 6.87. The normalized spacial score (nSPS) is 12.7. The van der Waals surface area contributed by atoms with Gasteiger partial charge < -0.3 is 9.84 Å². The van der Waals surface area contributed by atoms with Crippen molar-refractivity contribution in [2.75, 3.05) is 13.2 Å². The number of ether oxygens (including phenoxy) is 1. The summed E-state index contributed by atoms with van der Waals surface area (Å²) in [7, 11) is 0. The average molecular weight is 417 g/mol. The molecule has 2 heterocycles. The van der Waals surface area contributed by atoms with Crippen LogP contribution >= 0.6 is 0 Å². The van der Waals surface area contributed by atoms with Crippen molar-refractivity contribution in [1.29, 1.82) is 0 Å². The van der Waals surface area contributed by atoms with Gasteiger partial charge in [-0.15, -0.1) is 0 Å². The lowest BCUT2D eigenvalue weighted by atomic mass is 10.2. The Kier molecular flexibility index (Phi) is 7.37. The van der Waals surface area contributed by atoms with Gasteiger partial charge in [-0.1, -0.05) is 0 Å². The molecule has 1 atom stereocenters. The summed E-state index contributed by atoms with van der Waals surface area (Å²) >= 11 is 0. The van der Waals surface area contributed by atoms with Crippen LogP contribution in [0, 0.1) is 0 Å².